The summed E-state index contributed by atoms with van der Waals surface area (Å²) < 4.78 is 0. The van der Waals surface area contributed by atoms with Crippen molar-refractivity contribution in [2.75, 3.05) is 0 Å². The van der Waals surface area contributed by atoms with E-state index in [-0.39, 0.29) is 13.8 Å². The Kier molecular flexibility index (Phi) is 5.65. The first-order chi connectivity index (χ1) is 4.88. The number of hydrogen-bond donors (Lipinski definition) is 0. The number of nitrogens with zero attached hydrogens (tertiary/aromatic N) is 1. The van der Waals surface area contributed by atoms with E-state index in [9.17, 15) is 0 Å². The Labute approximate surface area is 83.6 Å². The molecule has 1 heterocycles. The average Bonchev–Trinajstić information content (AvgIpc) is 2.04. The Morgan fingerprint density at radius 3 is 2.55 bits per heavy atom. The quantitative estimate of drug-likeness (QED) is 0.612. The average molecular weight is 213 g/mol. The second kappa shape index (κ2) is 5.64. The van der Waals surface area contributed by atoms with Crippen LogP contribution in [0.3, 0.4) is 0 Å². The van der Waals surface area contributed by atoms with Crippen molar-refractivity contribution in [1.82, 2.24) is 4.98 Å². The van der Waals surface area contributed by atoms with E-state index >= 15 is 0 Å². The zero-order valence-electron chi connectivity index (χ0n) is 6.73. The first-order valence-electron chi connectivity index (χ1n) is 2.93. The van der Waals surface area contributed by atoms with E-state index in [1.54, 1.807) is 6.20 Å². The number of halogens is 3. The van der Waals surface area contributed by atoms with E-state index in [0.29, 0.717) is 11.8 Å². The third-order valence-electron chi connectivity index (χ3n) is 1.26. The van der Waals surface area contributed by atoms with Crippen molar-refractivity contribution in [3.05, 3.63) is 29.6 Å². The van der Waals surface area contributed by atoms with Crippen LogP contribution in [-0.4, -0.2) is 4.98 Å². The molecule has 0 amide bonds. The number of rotatable bonds is 2. The van der Waals surface area contributed by atoms with E-state index in [1.807, 2.05) is 12.1 Å². The second-order valence-electron chi connectivity index (χ2n) is 1.88. The van der Waals surface area contributed by atoms with Crippen LogP contribution >= 0.6 is 23.2 Å². The smallest absolute Gasteiger partial charge is 1.00 e. The molecule has 1 aromatic rings. The minimum atomic E-state index is 0. The summed E-state index contributed by atoms with van der Waals surface area (Å²) in [5, 5.41) is 0. The molecule has 62 valence electrons. The van der Waals surface area contributed by atoms with E-state index < -0.39 is 0 Å². The number of aromatic nitrogens is 1. The van der Waals surface area contributed by atoms with Gasteiger partial charge in [-0.3, -0.25) is 4.98 Å². The molecule has 0 N–H and O–H groups in total. The monoisotopic (exact) mass is 211 g/mol. The molecule has 4 heteroatoms. The van der Waals surface area contributed by atoms with Gasteiger partial charge in [0, 0.05) is 12.1 Å². The lowest BCUT2D eigenvalue weighted by Crippen LogP contribution is -3.00. The SMILES string of the molecule is ClCc1cccnc1CCl.[Cl-].[H+]. The summed E-state index contributed by atoms with van der Waals surface area (Å²) in [6, 6.07) is 3.78. The fraction of sp³-hybridized carbons (Fsp3) is 0.286. The van der Waals surface area contributed by atoms with Crippen molar-refractivity contribution in [2.45, 2.75) is 11.8 Å². The van der Waals surface area contributed by atoms with E-state index in [1.165, 1.54) is 0 Å². The van der Waals surface area contributed by atoms with Crippen molar-refractivity contribution < 1.29 is 13.8 Å². The molecule has 0 saturated heterocycles. The fourth-order valence-corrected chi connectivity index (χ4v) is 1.20. The van der Waals surface area contributed by atoms with Gasteiger partial charge in [-0.2, -0.15) is 0 Å². The first-order valence-corrected chi connectivity index (χ1v) is 4.00. The van der Waals surface area contributed by atoms with E-state index in [2.05, 4.69) is 4.98 Å². The summed E-state index contributed by atoms with van der Waals surface area (Å²) >= 11 is 11.2. The minimum Gasteiger partial charge on any atom is -1.00 e. The number of alkyl halides is 2. The van der Waals surface area contributed by atoms with Gasteiger partial charge in [0.05, 0.1) is 11.6 Å². The highest BCUT2D eigenvalue weighted by Gasteiger charge is 1.97. The topological polar surface area (TPSA) is 12.9 Å². The summed E-state index contributed by atoms with van der Waals surface area (Å²) in [4.78, 5) is 4.05. The van der Waals surface area contributed by atoms with Crippen molar-refractivity contribution in [1.29, 1.82) is 0 Å². The Morgan fingerprint density at radius 1 is 1.36 bits per heavy atom. The third kappa shape index (κ3) is 2.86. The molecular weight excluding hydrogens is 204 g/mol. The predicted octanol–water partition coefficient (Wildman–Crippen LogP) is -0.324. The van der Waals surface area contributed by atoms with Crippen molar-refractivity contribution in [3.63, 3.8) is 0 Å². The molecule has 0 fully saturated rings. The Balaban J connectivity index is 0. The molecule has 0 aliphatic carbocycles. The maximum Gasteiger partial charge on any atom is 1.00 e. The zero-order valence-corrected chi connectivity index (χ0v) is 8.00. The highest BCUT2D eigenvalue weighted by atomic mass is 35.5. The molecule has 1 aromatic heterocycles. The highest BCUT2D eigenvalue weighted by Crippen LogP contribution is 2.09. The predicted molar refractivity (Wildman–Crippen MR) is 44.5 cm³/mol. The van der Waals surface area contributed by atoms with E-state index in [0.717, 1.165) is 11.3 Å². The zero-order chi connectivity index (χ0) is 7.40. The maximum absolute atomic E-state index is 5.61. The fourth-order valence-electron chi connectivity index (χ4n) is 0.713. The molecule has 11 heavy (non-hydrogen) atoms. The lowest BCUT2D eigenvalue weighted by atomic mass is 10.2. The third-order valence-corrected chi connectivity index (χ3v) is 1.80. The molecule has 0 bridgehead atoms. The van der Waals surface area contributed by atoms with Crippen molar-refractivity contribution in [3.8, 4) is 0 Å². The van der Waals surface area contributed by atoms with Gasteiger partial charge in [0.15, 0.2) is 0 Å². The molecule has 0 atom stereocenters. The largest absolute Gasteiger partial charge is 1.00 e. The molecule has 0 saturated carbocycles. The van der Waals surface area contributed by atoms with E-state index in [4.69, 9.17) is 23.2 Å². The molecule has 0 aromatic carbocycles. The van der Waals surface area contributed by atoms with Gasteiger partial charge in [-0.1, -0.05) is 6.07 Å². The summed E-state index contributed by atoms with van der Waals surface area (Å²) in [5.74, 6) is 0.915. The normalized spacial score (nSPS) is 8.91. The highest BCUT2D eigenvalue weighted by molar-refractivity contribution is 6.18. The van der Waals surface area contributed by atoms with Gasteiger partial charge in [0.1, 0.15) is 0 Å². The van der Waals surface area contributed by atoms with Crippen LogP contribution in [0.5, 0.6) is 0 Å². The Morgan fingerprint density at radius 2 is 2.09 bits per heavy atom. The van der Waals surface area contributed by atoms with Crippen LogP contribution in [-0.2, 0) is 11.8 Å². The summed E-state index contributed by atoms with van der Waals surface area (Å²) in [7, 11) is 0. The van der Waals surface area contributed by atoms with Crippen LogP contribution in [0, 0.1) is 0 Å². The lowest BCUT2D eigenvalue weighted by Gasteiger charge is -1.99. The molecular formula is C7H8Cl3N. The molecule has 0 aliphatic heterocycles. The number of pyridine rings is 1. The molecule has 1 rings (SSSR count). The summed E-state index contributed by atoms with van der Waals surface area (Å²) in [6.07, 6.45) is 1.72. The second-order valence-corrected chi connectivity index (χ2v) is 2.41. The van der Waals surface area contributed by atoms with Crippen LogP contribution in [0.2, 0.25) is 0 Å². The van der Waals surface area contributed by atoms with Gasteiger partial charge in [0.2, 0.25) is 0 Å². The van der Waals surface area contributed by atoms with Gasteiger partial charge in [-0.05, 0) is 11.6 Å². The summed E-state index contributed by atoms with van der Waals surface area (Å²) in [5.41, 5.74) is 1.89. The van der Waals surface area contributed by atoms with Crippen LogP contribution in [0.1, 0.15) is 12.7 Å². The van der Waals surface area contributed by atoms with Gasteiger partial charge >= 0.3 is 1.43 Å². The van der Waals surface area contributed by atoms with Gasteiger partial charge < -0.3 is 12.4 Å². The molecule has 0 unspecified atom stereocenters. The molecule has 0 radical (unpaired) electrons. The van der Waals surface area contributed by atoms with Crippen molar-refractivity contribution in [2.24, 2.45) is 0 Å². The lowest BCUT2D eigenvalue weighted by molar-refractivity contribution is -0.00000201. The standard InChI is InChI=1S/C7H7Cl2N.ClH/c8-4-6-2-1-3-10-7(6)5-9;/h1-3H,4-5H2;1H. The van der Waals surface area contributed by atoms with Crippen LogP contribution in [0.25, 0.3) is 0 Å². The summed E-state index contributed by atoms with van der Waals surface area (Å²) in [6.45, 7) is 0. The van der Waals surface area contributed by atoms with Crippen molar-refractivity contribution >= 4 is 23.2 Å². The van der Waals surface area contributed by atoms with Gasteiger partial charge in [-0.15, -0.1) is 23.2 Å². The molecule has 0 aliphatic rings. The van der Waals surface area contributed by atoms with Crippen LogP contribution < -0.4 is 12.4 Å². The van der Waals surface area contributed by atoms with Crippen LogP contribution in [0.4, 0.5) is 0 Å². The Bertz CT molecular complexity index is 197. The Hall–Kier alpha value is 0.0200. The van der Waals surface area contributed by atoms with Gasteiger partial charge in [0.25, 0.3) is 0 Å². The molecule has 0 spiro atoms. The maximum atomic E-state index is 5.61. The first kappa shape index (κ1) is 11.0. The number of hydrogen-bond acceptors (Lipinski definition) is 1. The van der Waals surface area contributed by atoms with Gasteiger partial charge in [-0.25, -0.2) is 0 Å². The molecule has 1 nitrogen and oxygen atoms in total. The van der Waals surface area contributed by atoms with Crippen LogP contribution in [0.15, 0.2) is 18.3 Å². The minimum absolute atomic E-state index is 0.